The van der Waals surface area contributed by atoms with Crippen LogP contribution in [-0.2, 0) is 13.6 Å². The highest BCUT2D eigenvalue weighted by Gasteiger charge is 2.17. The molecule has 0 amide bonds. The summed E-state index contributed by atoms with van der Waals surface area (Å²) in [5.41, 5.74) is -0.391. The molecule has 0 saturated carbocycles. The lowest BCUT2D eigenvalue weighted by Gasteiger charge is -2.11. The molecule has 0 aliphatic heterocycles. The Hall–Kier alpha value is -2.09. The molecule has 0 saturated heterocycles. The highest BCUT2D eigenvalue weighted by atomic mass is 16.3. The number of nitrogens with zero attached hydrogens (tertiary/aromatic N) is 3. The minimum Gasteiger partial charge on any atom is -0.392 e. The summed E-state index contributed by atoms with van der Waals surface area (Å²) in [6.07, 6.45) is 2.57. The van der Waals surface area contributed by atoms with Gasteiger partial charge in [-0.3, -0.25) is 14.3 Å². The van der Waals surface area contributed by atoms with Crippen LogP contribution in [0.2, 0.25) is 0 Å². The fourth-order valence-corrected chi connectivity index (χ4v) is 2.39. The number of anilines is 1. The minimum atomic E-state index is -0.634. The molecular formula is C14H23N5O3. The number of aromatic amines is 1. The van der Waals surface area contributed by atoms with Crippen molar-refractivity contribution in [1.82, 2.24) is 19.1 Å². The van der Waals surface area contributed by atoms with Gasteiger partial charge in [-0.15, -0.1) is 0 Å². The van der Waals surface area contributed by atoms with Gasteiger partial charge in [0.2, 0.25) is 5.95 Å². The molecule has 2 heterocycles. The molecule has 0 spiro atoms. The molecule has 3 N–H and O–H groups in total. The van der Waals surface area contributed by atoms with E-state index in [1.807, 2.05) is 0 Å². The highest BCUT2D eigenvalue weighted by Crippen LogP contribution is 2.16. The second kappa shape index (κ2) is 6.78. The Morgan fingerprint density at radius 2 is 2.09 bits per heavy atom. The first-order chi connectivity index (χ1) is 10.5. The van der Waals surface area contributed by atoms with E-state index in [9.17, 15) is 14.7 Å². The first kappa shape index (κ1) is 16.3. The summed E-state index contributed by atoms with van der Waals surface area (Å²) in [6, 6.07) is 0. The predicted octanol–water partition coefficient (Wildman–Crippen LogP) is 0.406. The average molecular weight is 309 g/mol. The van der Waals surface area contributed by atoms with E-state index >= 15 is 0 Å². The molecule has 0 aliphatic rings. The van der Waals surface area contributed by atoms with Gasteiger partial charge in [0, 0.05) is 13.6 Å². The Balaban J connectivity index is 2.50. The number of aryl methyl sites for hydroxylation is 1. The van der Waals surface area contributed by atoms with E-state index in [0.717, 1.165) is 25.8 Å². The number of fused-ring (bicyclic) bond motifs is 1. The lowest BCUT2D eigenvalue weighted by Crippen LogP contribution is -2.29. The normalized spacial score (nSPS) is 12.7. The van der Waals surface area contributed by atoms with Crippen LogP contribution in [0.1, 0.15) is 33.1 Å². The molecule has 8 nitrogen and oxygen atoms in total. The molecule has 1 atom stereocenters. The lowest BCUT2D eigenvalue weighted by molar-refractivity contribution is 0.175. The van der Waals surface area contributed by atoms with Crippen molar-refractivity contribution in [3.05, 3.63) is 20.8 Å². The van der Waals surface area contributed by atoms with Gasteiger partial charge in [-0.2, -0.15) is 4.98 Å². The van der Waals surface area contributed by atoms with E-state index in [0.29, 0.717) is 17.1 Å². The molecule has 8 heteroatoms. The standard InChI is InChI=1S/C14H23N5O3/c1-4-5-6-7-15-13-16-11-10(19(13)8-9(2)20)12(21)17-14(22)18(11)3/h9,20H,4-8H2,1-3H3,(H,15,16)(H,17,21,22)/t9-/m1/s1. The third-order valence-electron chi connectivity index (χ3n) is 3.52. The maximum Gasteiger partial charge on any atom is 0.329 e. The molecule has 0 radical (unpaired) electrons. The monoisotopic (exact) mass is 309 g/mol. The quantitative estimate of drug-likeness (QED) is 0.642. The molecule has 2 rings (SSSR count). The Morgan fingerprint density at radius 3 is 2.73 bits per heavy atom. The molecule has 22 heavy (non-hydrogen) atoms. The summed E-state index contributed by atoms with van der Waals surface area (Å²) in [5.74, 6) is 0.499. The maximum atomic E-state index is 12.1. The smallest absolute Gasteiger partial charge is 0.329 e. The van der Waals surface area contributed by atoms with E-state index < -0.39 is 17.4 Å². The minimum absolute atomic E-state index is 0.230. The van der Waals surface area contributed by atoms with Gasteiger partial charge >= 0.3 is 5.69 Å². The number of unbranched alkanes of at least 4 members (excludes halogenated alkanes) is 2. The summed E-state index contributed by atoms with van der Waals surface area (Å²) in [5, 5.41) is 12.9. The van der Waals surface area contributed by atoms with Crippen molar-refractivity contribution in [2.75, 3.05) is 11.9 Å². The molecule has 2 aromatic rings. The van der Waals surface area contributed by atoms with Crippen LogP contribution in [0.5, 0.6) is 0 Å². The van der Waals surface area contributed by atoms with E-state index in [2.05, 4.69) is 22.2 Å². The fraction of sp³-hybridized carbons (Fsp3) is 0.643. The van der Waals surface area contributed by atoms with Crippen LogP contribution >= 0.6 is 0 Å². The summed E-state index contributed by atoms with van der Waals surface area (Å²) < 4.78 is 2.93. The zero-order valence-corrected chi connectivity index (χ0v) is 13.2. The Bertz CT molecular complexity index is 756. The molecule has 0 fully saturated rings. The van der Waals surface area contributed by atoms with Gasteiger partial charge in [0.1, 0.15) is 0 Å². The molecule has 0 aromatic carbocycles. The van der Waals surface area contributed by atoms with Crippen molar-refractivity contribution < 1.29 is 5.11 Å². The zero-order valence-electron chi connectivity index (χ0n) is 13.2. The summed E-state index contributed by atoms with van der Waals surface area (Å²) in [4.78, 5) is 30.4. The van der Waals surface area contributed by atoms with E-state index in [4.69, 9.17) is 0 Å². The number of hydrogen-bond acceptors (Lipinski definition) is 5. The van der Waals surface area contributed by atoms with E-state index in [-0.39, 0.29) is 6.54 Å². The molecule has 2 aromatic heterocycles. The second-order valence-electron chi connectivity index (χ2n) is 5.52. The Morgan fingerprint density at radius 1 is 1.36 bits per heavy atom. The first-order valence-electron chi connectivity index (χ1n) is 7.57. The number of H-pyrrole nitrogens is 1. The molecular weight excluding hydrogens is 286 g/mol. The van der Waals surface area contributed by atoms with Gasteiger partial charge in [0.15, 0.2) is 11.2 Å². The van der Waals surface area contributed by atoms with Crippen molar-refractivity contribution in [2.24, 2.45) is 7.05 Å². The van der Waals surface area contributed by atoms with Crippen LogP contribution in [0.15, 0.2) is 9.59 Å². The Kier molecular flexibility index (Phi) is 5.02. The maximum absolute atomic E-state index is 12.1. The summed E-state index contributed by atoms with van der Waals surface area (Å²) >= 11 is 0. The molecule has 122 valence electrons. The van der Waals surface area contributed by atoms with Crippen molar-refractivity contribution in [3.8, 4) is 0 Å². The molecule has 0 unspecified atom stereocenters. The number of imidazole rings is 1. The molecule has 0 aliphatic carbocycles. The summed E-state index contributed by atoms with van der Waals surface area (Å²) in [7, 11) is 1.56. The van der Waals surface area contributed by atoms with Gasteiger partial charge < -0.3 is 15.0 Å². The fourth-order valence-electron chi connectivity index (χ4n) is 2.39. The zero-order chi connectivity index (χ0) is 16.3. The average Bonchev–Trinajstić information content (AvgIpc) is 2.80. The SMILES string of the molecule is CCCCCNc1nc2c(c(=O)[nH]c(=O)n2C)n1C[C@@H](C)O. The van der Waals surface area contributed by atoms with Crippen LogP contribution in [0.4, 0.5) is 5.95 Å². The number of aromatic nitrogens is 4. The van der Waals surface area contributed by atoms with Gasteiger partial charge in [0.05, 0.1) is 12.6 Å². The van der Waals surface area contributed by atoms with Gasteiger partial charge in [-0.25, -0.2) is 4.79 Å². The summed E-state index contributed by atoms with van der Waals surface area (Å²) in [6.45, 7) is 4.72. The topological polar surface area (TPSA) is 105 Å². The highest BCUT2D eigenvalue weighted by molar-refractivity contribution is 5.74. The van der Waals surface area contributed by atoms with Crippen molar-refractivity contribution >= 4 is 17.1 Å². The van der Waals surface area contributed by atoms with Crippen LogP contribution in [0, 0.1) is 0 Å². The number of hydrogen-bond donors (Lipinski definition) is 3. The number of aliphatic hydroxyl groups is 1. The van der Waals surface area contributed by atoms with Crippen molar-refractivity contribution in [1.29, 1.82) is 0 Å². The third kappa shape index (κ3) is 3.22. The number of nitrogens with one attached hydrogen (secondary N) is 2. The van der Waals surface area contributed by atoms with E-state index in [1.165, 1.54) is 4.57 Å². The van der Waals surface area contributed by atoms with Crippen LogP contribution in [0.25, 0.3) is 11.2 Å². The van der Waals surface area contributed by atoms with Crippen LogP contribution in [-0.4, -0.2) is 36.9 Å². The van der Waals surface area contributed by atoms with Gasteiger partial charge in [-0.1, -0.05) is 19.8 Å². The van der Waals surface area contributed by atoms with Gasteiger partial charge in [-0.05, 0) is 13.3 Å². The second-order valence-corrected chi connectivity index (χ2v) is 5.52. The largest absolute Gasteiger partial charge is 0.392 e. The first-order valence-corrected chi connectivity index (χ1v) is 7.57. The van der Waals surface area contributed by atoms with Crippen LogP contribution < -0.4 is 16.6 Å². The number of rotatable bonds is 7. The van der Waals surface area contributed by atoms with Gasteiger partial charge in [0.25, 0.3) is 5.56 Å². The lowest BCUT2D eigenvalue weighted by atomic mass is 10.2. The van der Waals surface area contributed by atoms with E-state index in [1.54, 1.807) is 18.5 Å². The third-order valence-corrected chi connectivity index (χ3v) is 3.52. The van der Waals surface area contributed by atoms with Crippen molar-refractivity contribution in [2.45, 2.75) is 45.8 Å². The predicted molar refractivity (Wildman–Crippen MR) is 85.3 cm³/mol. The van der Waals surface area contributed by atoms with Crippen LogP contribution in [0.3, 0.4) is 0 Å². The molecule has 0 bridgehead atoms. The van der Waals surface area contributed by atoms with Crippen molar-refractivity contribution in [3.63, 3.8) is 0 Å². The number of aliphatic hydroxyl groups excluding tert-OH is 1. The Labute approximate surface area is 127 Å².